The zero-order chi connectivity index (χ0) is 18.4. The van der Waals surface area contributed by atoms with Gasteiger partial charge >= 0.3 is 0 Å². The summed E-state index contributed by atoms with van der Waals surface area (Å²) in [6.45, 7) is 5.40. The highest BCUT2D eigenvalue weighted by atomic mass is 35.5. The Morgan fingerprint density at radius 1 is 1.04 bits per heavy atom. The Labute approximate surface area is 149 Å². The first-order valence-corrected chi connectivity index (χ1v) is 9.13. The molecule has 0 spiro atoms. The van der Waals surface area contributed by atoms with Gasteiger partial charge in [0.2, 0.25) is 5.28 Å². The Morgan fingerprint density at radius 2 is 1.68 bits per heavy atom. The fourth-order valence-electron chi connectivity index (χ4n) is 2.26. The lowest BCUT2D eigenvalue weighted by Gasteiger charge is -2.09. The minimum atomic E-state index is -3.94. The van der Waals surface area contributed by atoms with E-state index < -0.39 is 10.0 Å². The average Bonchev–Trinajstić information content (AvgIpc) is 3.01. The highest BCUT2D eigenvalue weighted by Crippen LogP contribution is 2.20. The van der Waals surface area contributed by atoms with Crippen LogP contribution in [0.5, 0.6) is 0 Å². The minimum Gasteiger partial charge on any atom is -0.323 e. The molecule has 0 bridgehead atoms. The van der Waals surface area contributed by atoms with Crippen LogP contribution in [0.2, 0.25) is 5.28 Å². The summed E-state index contributed by atoms with van der Waals surface area (Å²) in [6.07, 6.45) is 1.32. The molecule has 0 aromatic carbocycles. The molecule has 132 valence electrons. The second kappa shape index (κ2) is 6.12. The molecule has 3 aromatic heterocycles. The third-order valence-corrected chi connectivity index (χ3v) is 4.88. The van der Waals surface area contributed by atoms with E-state index in [0.29, 0.717) is 5.69 Å². The second-order valence-corrected chi connectivity index (χ2v) is 7.57. The molecule has 0 aliphatic carbocycles. The van der Waals surface area contributed by atoms with Crippen molar-refractivity contribution < 1.29 is 8.42 Å². The lowest BCUT2D eigenvalue weighted by atomic mass is 10.4. The molecule has 11 heteroatoms. The van der Waals surface area contributed by atoms with Crippen molar-refractivity contribution in [3.8, 4) is 5.95 Å². The van der Waals surface area contributed by atoms with Gasteiger partial charge in [-0.25, -0.2) is 15.0 Å². The van der Waals surface area contributed by atoms with E-state index in [4.69, 9.17) is 11.6 Å². The molecule has 0 radical (unpaired) electrons. The van der Waals surface area contributed by atoms with Crippen molar-refractivity contribution in [1.82, 2.24) is 29.3 Å². The van der Waals surface area contributed by atoms with Crippen LogP contribution in [-0.4, -0.2) is 37.7 Å². The molecule has 3 aromatic rings. The molecule has 9 nitrogen and oxygen atoms in total. The third kappa shape index (κ3) is 3.49. The summed E-state index contributed by atoms with van der Waals surface area (Å²) in [5, 5.41) is 4.16. The Morgan fingerprint density at radius 3 is 2.24 bits per heavy atom. The second-order valence-electron chi connectivity index (χ2n) is 5.60. The average molecular weight is 382 g/mol. The lowest BCUT2D eigenvalue weighted by Crippen LogP contribution is -2.17. The molecule has 0 aliphatic rings. The number of halogens is 1. The summed E-state index contributed by atoms with van der Waals surface area (Å²) in [7, 11) is -2.33. The van der Waals surface area contributed by atoms with Gasteiger partial charge in [-0.1, -0.05) is 0 Å². The van der Waals surface area contributed by atoms with E-state index >= 15 is 0 Å². The van der Waals surface area contributed by atoms with Crippen LogP contribution in [0.4, 0.5) is 5.82 Å². The molecule has 3 rings (SSSR count). The molecule has 0 fully saturated rings. The van der Waals surface area contributed by atoms with E-state index in [0.717, 1.165) is 11.4 Å². The van der Waals surface area contributed by atoms with Gasteiger partial charge in [-0.3, -0.25) is 4.72 Å². The van der Waals surface area contributed by atoms with Gasteiger partial charge in [0.25, 0.3) is 16.0 Å². The van der Waals surface area contributed by atoms with E-state index in [1.807, 2.05) is 19.9 Å². The molecule has 1 N–H and O–H groups in total. The zero-order valence-corrected chi connectivity index (χ0v) is 15.6. The number of hydrogen-bond acceptors (Lipinski definition) is 6. The fraction of sp³-hybridized carbons (Fsp3) is 0.286. The number of nitrogens with zero attached hydrogens (tertiary/aromatic N) is 6. The van der Waals surface area contributed by atoms with E-state index in [-0.39, 0.29) is 22.1 Å². The van der Waals surface area contributed by atoms with E-state index in [9.17, 15) is 8.42 Å². The maximum absolute atomic E-state index is 12.6. The number of rotatable bonds is 4. The molecule has 25 heavy (non-hydrogen) atoms. The number of sulfonamides is 1. The molecule has 0 unspecified atom stereocenters. The van der Waals surface area contributed by atoms with Crippen LogP contribution in [0.3, 0.4) is 0 Å². The molecule has 0 saturated heterocycles. The summed E-state index contributed by atoms with van der Waals surface area (Å²) in [4.78, 5) is 12.5. The van der Waals surface area contributed by atoms with Crippen LogP contribution < -0.4 is 4.72 Å². The maximum atomic E-state index is 12.6. The van der Waals surface area contributed by atoms with E-state index in [1.54, 1.807) is 20.0 Å². The Bertz CT molecular complexity index is 1020. The van der Waals surface area contributed by atoms with Gasteiger partial charge in [-0.15, -0.1) is 0 Å². The summed E-state index contributed by atoms with van der Waals surface area (Å²) >= 11 is 5.83. The summed E-state index contributed by atoms with van der Waals surface area (Å²) < 4.78 is 30.3. The van der Waals surface area contributed by atoms with Gasteiger partial charge in [-0.2, -0.15) is 18.2 Å². The van der Waals surface area contributed by atoms with Crippen molar-refractivity contribution in [1.29, 1.82) is 0 Å². The van der Waals surface area contributed by atoms with Gasteiger partial charge in [0.15, 0.2) is 5.03 Å². The Hall–Kier alpha value is -2.46. The standard InChI is InChI=1S/C14H16ClN7O2S/c1-8-5-9(2)17-14(16-8)22-11(6-10(3)19-22)20-25(23,24)12-7-21(4)13(15)18-12/h5-7,20H,1-4H3. The molecule has 3 heterocycles. The maximum Gasteiger partial charge on any atom is 0.282 e. The summed E-state index contributed by atoms with van der Waals surface area (Å²) in [6, 6.07) is 3.41. The van der Waals surface area contributed by atoms with Gasteiger partial charge < -0.3 is 4.57 Å². The fourth-order valence-corrected chi connectivity index (χ4v) is 3.48. The van der Waals surface area contributed by atoms with Crippen molar-refractivity contribution in [2.24, 2.45) is 7.05 Å². The lowest BCUT2D eigenvalue weighted by molar-refractivity contribution is 0.597. The number of aromatic nitrogens is 6. The molecular weight excluding hydrogens is 366 g/mol. The minimum absolute atomic E-state index is 0.0719. The van der Waals surface area contributed by atoms with Crippen LogP contribution in [-0.2, 0) is 17.1 Å². The van der Waals surface area contributed by atoms with Crippen molar-refractivity contribution >= 4 is 27.4 Å². The number of aryl methyl sites for hydroxylation is 4. The van der Waals surface area contributed by atoms with Gasteiger partial charge in [0, 0.05) is 30.7 Å². The highest BCUT2D eigenvalue weighted by molar-refractivity contribution is 7.92. The largest absolute Gasteiger partial charge is 0.323 e. The van der Waals surface area contributed by atoms with Crippen molar-refractivity contribution in [2.45, 2.75) is 25.8 Å². The van der Waals surface area contributed by atoms with Crippen LogP contribution in [0.15, 0.2) is 23.4 Å². The predicted octanol–water partition coefficient (Wildman–Crippen LogP) is 1.78. The summed E-state index contributed by atoms with van der Waals surface area (Å²) in [5.74, 6) is 0.492. The first-order chi connectivity index (χ1) is 11.7. The molecular formula is C14H16ClN7O2S. The van der Waals surface area contributed by atoms with Crippen molar-refractivity contribution in [3.63, 3.8) is 0 Å². The van der Waals surface area contributed by atoms with Crippen molar-refractivity contribution in [2.75, 3.05) is 4.72 Å². The number of anilines is 1. The molecule has 0 atom stereocenters. The van der Waals surface area contributed by atoms with Crippen molar-refractivity contribution in [3.05, 3.63) is 40.7 Å². The number of imidazole rings is 1. The topological polar surface area (TPSA) is 108 Å². The number of nitrogens with one attached hydrogen (secondary N) is 1. The van der Waals surface area contributed by atoms with Crippen LogP contribution in [0.1, 0.15) is 17.1 Å². The molecule has 0 amide bonds. The Kier molecular flexibility index (Phi) is 4.25. The van der Waals surface area contributed by atoms with Gasteiger partial charge in [0.1, 0.15) is 5.82 Å². The van der Waals surface area contributed by atoms with Gasteiger partial charge in [0.05, 0.1) is 5.69 Å². The van der Waals surface area contributed by atoms with Gasteiger partial charge in [-0.05, 0) is 38.4 Å². The smallest absolute Gasteiger partial charge is 0.282 e. The van der Waals surface area contributed by atoms with Crippen LogP contribution >= 0.6 is 11.6 Å². The Balaban J connectivity index is 2.04. The SMILES string of the molecule is Cc1cc(C)nc(-n2nc(C)cc2NS(=O)(=O)c2cn(C)c(Cl)n2)n1. The molecule has 0 aliphatic heterocycles. The molecule has 0 saturated carbocycles. The zero-order valence-electron chi connectivity index (χ0n) is 14.0. The first-order valence-electron chi connectivity index (χ1n) is 7.27. The highest BCUT2D eigenvalue weighted by Gasteiger charge is 2.22. The quantitative estimate of drug-likeness (QED) is 0.738. The van der Waals surface area contributed by atoms with Crippen LogP contribution in [0.25, 0.3) is 5.95 Å². The summed E-state index contributed by atoms with van der Waals surface area (Å²) in [5.41, 5.74) is 2.11. The van der Waals surface area contributed by atoms with E-state index in [2.05, 4.69) is 24.8 Å². The normalized spacial score (nSPS) is 11.7. The third-order valence-electron chi connectivity index (χ3n) is 3.30. The van der Waals surface area contributed by atoms with Crippen LogP contribution in [0, 0.1) is 20.8 Å². The monoisotopic (exact) mass is 381 g/mol. The number of hydrogen-bond donors (Lipinski definition) is 1. The predicted molar refractivity (Wildman–Crippen MR) is 92.4 cm³/mol. The van der Waals surface area contributed by atoms with E-state index in [1.165, 1.54) is 15.4 Å². The first kappa shape index (κ1) is 17.4.